The highest BCUT2D eigenvalue weighted by molar-refractivity contribution is 5.85. The Kier molecular flexibility index (Phi) is 6.91. The summed E-state index contributed by atoms with van der Waals surface area (Å²) in [6, 6.07) is 6.07. The van der Waals surface area contributed by atoms with E-state index in [0.29, 0.717) is 6.42 Å². The molecule has 5 nitrogen and oxygen atoms in total. The molecule has 0 aliphatic heterocycles. The van der Waals surface area contributed by atoms with Gasteiger partial charge in [-0.15, -0.1) is 24.8 Å². The minimum atomic E-state index is 0. The topological polar surface area (TPSA) is 72.9 Å². The Hall–Kier alpha value is -1.72. The zero-order chi connectivity index (χ0) is 14.8. The minimum absolute atomic E-state index is 0. The molecule has 23 heavy (non-hydrogen) atoms. The second-order valence-corrected chi connectivity index (χ2v) is 5.67. The molecule has 1 aliphatic rings. The summed E-state index contributed by atoms with van der Waals surface area (Å²) in [5.74, 6) is 0.0395. The van der Waals surface area contributed by atoms with Crippen LogP contribution in [0.1, 0.15) is 35.6 Å². The van der Waals surface area contributed by atoms with Crippen LogP contribution >= 0.6 is 24.8 Å². The highest BCUT2D eigenvalue weighted by Gasteiger charge is 2.22. The number of rotatable bonds is 3. The van der Waals surface area contributed by atoms with E-state index >= 15 is 0 Å². The van der Waals surface area contributed by atoms with E-state index in [2.05, 4.69) is 10.4 Å². The molecule has 1 heterocycles. The molecule has 0 fully saturated rings. The Bertz CT molecular complexity index is 672. The molecule has 3 N–H and O–H groups in total. The van der Waals surface area contributed by atoms with Crippen molar-refractivity contribution < 1.29 is 4.79 Å². The number of aryl methyl sites for hydroxylation is 2. The van der Waals surface area contributed by atoms with E-state index in [9.17, 15) is 4.79 Å². The van der Waals surface area contributed by atoms with Crippen LogP contribution in [0.5, 0.6) is 0 Å². The van der Waals surface area contributed by atoms with E-state index in [-0.39, 0.29) is 36.8 Å². The maximum absolute atomic E-state index is 12.2. The highest BCUT2D eigenvalue weighted by atomic mass is 35.5. The molecule has 1 aromatic carbocycles. The van der Waals surface area contributed by atoms with E-state index < -0.39 is 0 Å². The van der Waals surface area contributed by atoms with E-state index in [1.807, 2.05) is 31.4 Å². The first kappa shape index (κ1) is 19.3. The molecule has 0 radical (unpaired) electrons. The van der Waals surface area contributed by atoms with Crippen molar-refractivity contribution in [1.82, 2.24) is 15.1 Å². The average molecular weight is 357 g/mol. The van der Waals surface area contributed by atoms with Crippen molar-refractivity contribution in [3.63, 3.8) is 0 Å². The van der Waals surface area contributed by atoms with Gasteiger partial charge in [0.05, 0.1) is 18.7 Å². The van der Waals surface area contributed by atoms with Gasteiger partial charge in [-0.1, -0.05) is 6.07 Å². The number of aromatic nitrogens is 2. The zero-order valence-electron chi connectivity index (χ0n) is 13.0. The first-order valence-electron chi connectivity index (χ1n) is 7.27. The van der Waals surface area contributed by atoms with Crippen molar-refractivity contribution in [1.29, 1.82) is 0 Å². The fraction of sp³-hybridized carbons (Fsp3) is 0.375. The van der Waals surface area contributed by atoms with Crippen molar-refractivity contribution in [3.05, 3.63) is 47.3 Å². The van der Waals surface area contributed by atoms with Crippen LogP contribution in [-0.2, 0) is 24.7 Å². The third-order valence-electron chi connectivity index (χ3n) is 3.94. The number of nitrogens with two attached hydrogens (primary N) is 1. The normalized spacial score (nSPS) is 15.8. The van der Waals surface area contributed by atoms with Gasteiger partial charge in [0.2, 0.25) is 5.91 Å². The van der Waals surface area contributed by atoms with Crippen LogP contribution in [0.15, 0.2) is 30.6 Å². The maximum Gasteiger partial charge on any atom is 0.225 e. The number of anilines is 1. The van der Waals surface area contributed by atoms with Crippen molar-refractivity contribution in [2.45, 2.75) is 31.7 Å². The summed E-state index contributed by atoms with van der Waals surface area (Å²) in [6.07, 6.45) is 7.07. The number of amides is 1. The highest BCUT2D eigenvalue weighted by Crippen LogP contribution is 2.30. The Morgan fingerprint density at radius 2 is 2.22 bits per heavy atom. The van der Waals surface area contributed by atoms with Crippen molar-refractivity contribution in [2.75, 3.05) is 5.73 Å². The Labute approximate surface area is 148 Å². The van der Waals surface area contributed by atoms with Crippen molar-refractivity contribution >= 4 is 36.4 Å². The van der Waals surface area contributed by atoms with Crippen LogP contribution in [-0.4, -0.2) is 15.7 Å². The molecule has 3 rings (SSSR count). The summed E-state index contributed by atoms with van der Waals surface area (Å²) >= 11 is 0. The number of fused-ring (bicyclic) bond motifs is 1. The van der Waals surface area contributed by atoms with Gasteiger partial charge in [0.25, 0.3) is 0 Å². The SMILES string of the molecule is Cl.Cl.Cn1cc(CC(=O)NC2CCCc3cc(N)ccc32)cn1. The van der Waals surface area contributed by atoms with E-state index in [0.717, 1.165) is 30.5 Å². The lowest BCUT2D eigenvalue weighted by Gasteiger charge is -2.26. The summed E-state index contributed by atoms with van der Waals surface area (Å²) < 4.78 is 1.71. The zero-order valence-corrected chi connectivity index (χ0v) is 14.6. The van der Waals surface area contributed by atoms with Crippen molar-refractivity contribution in [3.8, 4) is 0 Å². The average Bonchev–Trinajstić information content (AvgIpc) is 2.83. The quantitative estimate of drug-likeness (QED) is 0.830. The smallest absolute Gasteiger partial charge is 0.225 e. The molecule has 1 unspecified atom stereocenters. The molecule has 1 aromatic heterocycles. The number of hydrogen-bond donors (Lipinski definition) is 2. The first-order valence-corrected chi connectivity index (χ1v) is 7.27. The predicted octanol–water partition coefficient (Wildman–Crippen LogP) is 2.58. The van der Waals surface area contributed by atoms with Gasteiger partial charge in [-0.25, -0.2) is 0 Å². The fourth-order valence-electron chi connectivity index (χ4n) is 2.98. The largest absolute Gasteiger partial charge is 0.399 e. The van der Waals surface area contributed by atoms with E-state index in [4.69, 9.17) is 5.73 Å². The minimum Gasteiger partial charge on any atom is -0.399 e. The predicted molar refractivity (Wildman–Crippen MR) is 96.1 cm³/mol. The molecule has 2 aromatic rings. The molecule has 0 saturated carbocycles. The monoisotopic (exact) mass is 356 g/mol. The molecule has 1 atom stereocenters. The molecule has 7 heteroatoms. The number of nitrogens with zero attached hydrogens (tertiary/aromatic N) is 2. The van der Waals surface area contributed by atoms with Crippen molar-refractivity contribution in [2.24, 2.45) is 7.05 Å². The van der Waals surface area contributed by atoms with E-state index in [1.165, 1.54) is 11.1 Å². The third-order valence-corrected chi connectivity index (χ3v) is 3.94. The lowest BCUT2D eigenvalue weighted by molar-refractivity contribution is -0.121. The molecule has 0 bridgehead atoms. The van der Waals surface area contributed by atoms with Gasteiger partial charge in [0.15, 0.2) is 0 Å². The lowest BCUT2D eigenvalue weighted by atomic mass is 9.87. The fourth-order valence-corrected chi connectivity index (χ4v) is 2.98. The van der Waals surface area contributed by atoms with Crippen LogP contribution in [0.25, 0.3) is 0 Å². The number of carbonyl (C=O) groups is 1. The summed E-state index contributed by atoms with van der Waals surface area (Å²) in [5, 5.41) is 7.22. The summed E-state index contributed by atoms with van der Waals surface area (Å²) in [6.45, 7) is 0. The number of hydrogen-bond acceptors (Lipinski definition) is 3. The summed E-state index contributed by atoms with van der Waals surface area (Å²) in [5.41, 5.74) is 10.0. The second-order valence-electron chi connectivity index (χ2n) is 5.67. The summed E-state index contributed by atoms with van der Waals surface area (Å²) in [7, 11) is 1.85. The molecular formula is C16H22Cl2N4O. The molecule has 126 valence electrons. The van der Waals surface area contributed by atoms with Crippen LogP contribution in [0.3, 0.4) is 0 Å². The van der Waals surface area contributed by atoms with Gasteiger partial charge in [-0.05, 0) is 48.1 Å². The maximum atomic E-state index is 12.2. The molecular weight excluding hydrogens is 335 g/mol. The standard InChI is InChI=1S/C16H20N4O.2ClH/c1-20-10-11(9-18-20)7-16(21)19-15-4-2-3-12-8-13(17)5-6-14(12)15;;/h5-6,8-10,15H,2-4,7,17H2,1H3,(H,19,21);2*1H. The Balaban J connectivity index is 0.00000132. The van der Waals surface area contributed by atoms with Crippen LogP contribution in [0.2, 0.25) is 0 Å². The van der Waals surface area contributed by atoms with Crippen LogP contribution in [0, 0.1) is 0 Å². The van der Waals surface area contributed by atoms with Gasteiger partial charge >= 0.3 is 0 Å². The number of benzene rings is 1. The van der Waals surface area contributed by atoms with Gasteiger partial charge in [-0.2, -0.15) is 5.10 Å². The third kappa shape index (κ3) is 4.62. The Morgan fingerprint density at radius 1 is 1.43 bits per heavy atom. The van der Waals surface area contributed by atoms with Gasteiger partial charge in [0.1, 0.15) is 0 Å². The second kappa shape index (κ2) is 8.22. The lowest BCUT2D eigenvalue weighted by Crippen LogP contribution is -2.32. The van der Waals surface area contributed by atoms with Gasteiger partial charge in [-0.3, -0.25) is 9.48 Å². The van der Waals surface area contributed by atoms with Crippen LogP contribution in [0.4, 0.5) is 5.69 Å². The van der Waals surface area contributed by atoms with Gasteiger partial charge in [0, 0.05) is 18.9 Å². The number of nitrogens with one attached hydrogen (secondary N) is 1. The van der Waals surface area contributed by atoms with E-state index in [1.54, 1.807) is 10.9 Å². The van der Waals surface area contributed by atoms with Gasteiger partial charge < -0.3 is 11.1 Å². The first-order chi connectivity index (χ1) is 10.1. The summed E-state index contributed by atoms with van der Waals surface area (Å²) in [4.78, 5) is 12.2. The molecule has 1 amide bonds. The van der Waals surface area contributed by atoms with Crippen LogP contribution < -0.4 is 11.1 Å². The Morgan fingerprint density at radius 3 is 2.91 bits per heavy atom. The number of halogens is 2. The molecule has 0 spiro atoms. The number of nitrogen functional groups attached to an aromatic ring is 1. The molecule has 1 aliphatic carbocycles. The molecule has 0 saturated heterocycles. The number of carbonyl (C=O) groups excluding carboxylic acids is 1.